The largest absolute Gasteiger partial charge is 0.399 e. The molecule has 20 heavy (non-hydrogen) atoms. The summed E-state index contributed by atoms with van der Waals surface area (Å²) in [5.74, 6) is 0. The van der Waals surface area contributed by atoms with Crippen LogP contribution in [0, 0.1) is 0 Å². The number of nitrogens with two attached hydrogens (primary N) is 1. The van der Waals surface area contributed by atoms with Gasteiger partial charge in [-0.3, -0.25) is 4.98 Å². The normalized spacial score (nSPS) is 11.8. The highest BCUT2D eigenvalue weighted by atomic mass is 79.9. The maximum Gasteiger partial charge on any atom is 0.244 e. The van der Waals surface area contributed by atoms with E-state index in [-0.39, 0.29) is 11.4 Å². The van der Waals surface area contributed by atoms with Crippen molar-refractivity contribution in [2.45, 2.75) is 11.4 Å². The molecular weight excluding hydrogens is 342 g/mol. The van der Waals surface area contributed by atoms with Crippen molar-refractivity contribution in [2.24, 2.45) is 0 Å². The fourth-order valence-corrected chi connectivity index (χ4v) is 3.83. The van der Waals surface area contributed by atoms with Crippen molar-refractivity contribution in [3.63, 3.8) is 0 Å². The summed E-state index contributed by atoms with van der Waals surface area (Å²) >= 11 is 3.25. The van der Waals surface area contributed by atoms with Crippen molar-refractivity contribution in [2.75, 3.05) is 12.8 Å². The molecule has 1 heterocycles. The number of anilines is 1. The number of nitrogen functional groups attached to an aromatic ring is 1. The summed E-state index contributed by atoms with van der Waals surface area (Å²) in [6.45, 7) is 0.247. The van der Waals surface area contributed by atoms with Gasteiger partial charge in [0.05, 0.1) is 4.90 Å². The zero-order valence-electron chi connectivity index (χ0n) is 10.8. The van der Waals surface area contributed by atoms with Gasteiger partial charge in [-0.05, 0) is 45.8 Å². The number of halogens is 1. The van der Waals surface area contributed by atoms with Gasteiger partial charge in [-0.2, -0.15) is 4.31 Å². The number of hydrogen-bond acceptors (Lipinski definition) is 4. The molecule has 0 saturated carbocycles. The van der Waals surface area contributed by atoms with Gasteiger partial charge in [0.2, 0.25) is 10.0 Å². The summed E-state index contributed by atoms with van der Waals surface area (Å²) in [5.41, 5.74) is 6.89. The van der Waals surface area contributed by atoms with Gasteiger partial charge >= 0.3 is 0 Å². The van der Waals surface area contributed by atoms with Crippen molar-refractivity contribution in [3.8, 4) is 0 Å². The molecule has 1 aromatic carbocycles. The molecular formula is C13H14BrN3O2S. The Kier molecular flexibility index (Phi) is 4.42. The Hall–Kier alpha value is -1.44. The van der Waals surface area contributed by atoms with Gasteiger partial charge in [0.25, 0.3) is 0 Å². The number of nitrogens with zero attached hydrogens (tertiary/aromatic N) is 2. The van der Waals surface area contributed by atoms with Gasteiger partial charge in [-0.25, -0.2) is 8.42 Å². The number of hydrogen-bond donors (Lipinski definition) is 1. The Balaban J connectivity index is 2.32. The van der Waals surface area contributed by atoms with Gasteiger partial charge in [-0.1, -0.05) is 6.07 Å². The van der Waals surface area contributed by atoms with E-state index in [1.54, 1.807) is 30.6 Å². The standard InChI is InChI=1S/C13H14BrN3O2S/c1-17(9-10-3-2-6-16-8-10)20(18,19)13-7-11(15)4-5-12(13)14/h2-8H,9,15H2,1H3. The molecule has 0 aliphatic carbocycles. The molecule has 2 aromatic rings. The minimum Gasteiger partial charge on any atom is -0.399 e. The highest BCUT2D eigenvalue weighted by Gasteiger charge is 2.23. The highest BCUT2D eigenvalue weighted by molar-refractivity contribution is 9.10. The van der Waals surface area contributed by atoms with Gasteiger partial charge in [-0.15, -0.1) is 0 Å². The molecule has 0 spiro atoms. The number of pyridine rings is 1. The molecule has 0 amide bonds. The van der Waals surface area contributed by atoms with E-state index < -0.39 is 10.0 Å². The molecule has 0 atom stereocenters. The highest BCUT2D eigenvalue weighted by Crippen LogP contribution is 2.27. The molecule has 0 saturated heterocycles. The lowest BCUT2D eigenvalue weighted by Gasteiger charge is -2.18. The van der Waals surface area contributed by atoms with Crippen LogP contribution in [0.2, 0.25) is 0 Å². The van der Waals surface area contributed by atoms with Crippen LogP contribution in [0.5, 0.6) is 0 Å². The van der Waals surface area contributed by atoms with Crippen molar-refractivity contribution in [1.29, 1.82) is 0 Å². The predicted molar refractivity (Wildman–Crippen MR) is 81.4 cm³/mol. The Morgan fingerprint density at radius 2 is 2.10 bits per heavy atom. The molecule has 0 fully saturated rings. The quantitative estimate of drug-likeness (QED) is 0.853. The lowest BCUT2D eigenvalue weighted by atomic mass is 10.3. The van der Waals surface area contributed by atoms with E-state index in [0.717, 1.165) is 5.56 Å². The Bertz CT molecular complexity index is 705. The molecule has 106 valence electrons. The van der Waals surface area contributed by atoms with E-state index in [1.165, 1.54) is 17.4 Å². The minimum atomic E-state index is -3.61. The summed E-state index contributed by atoms with van der Waals surface area (Å²) in [5, 5.41) is 0. The average molecular weight is 356 g/mol. The van der Waals surface area contributed by atoms with Gasteiger partial charge in [0.1, 0.15) is 0 Å². The van der Waals surface area contributed by atoms with E-state index in [2.05, 4.69) is 20.9 Å². The lowest BCUT2D eigenvalue weighted by Crippen LogP contribution is -2.27. The third-order valence-corrected chi connectivity index (χ3v) is 5.57. The first-order valence-electron chi connectivity index (χ1n) is 5.81. The average Bonchev–Trinajstić information content (AvgIpc) is 2.42. The maximum atomic E-state index is 12.5. The molecule has 0 unspecified atom stereocenters. The fourth-order valence-electron chi connectivity index (χ4n) is 1.72. The first-order valence-corrected chi connectivity index (χ1v) is 8.05. The predicted octanol–water partition coefficient (Wildman–Crippen LogP) is 2.25. The number of rotatable bonds is 4. The fraction of sp³-hybridized carbons (Fsp3) is 0.154. The molecule has 1 aromatic heterocycles. The van der Waals surface area contributed by atoms with Crippen LogP contribution < -0.4 is 5.73 Å². The number of benzene rings is 1. The van der Waals surface area contributed by atoms with E-state index >= 15 is 0 Å². The van der Waals surface area contributed by atoms with E-state index in [4.69, 9.17) is 5.73 Å². The third-order valence-electron chi connectivity index (χ3n) is 2.77. The minimum absolute atomic E-state index is 0.156. The molecule has 0 radical (unpaired) electrons. The van der Waals surface area contributed by atoms with E-state index in [1.807, 2.05) is 6.07 Å². The van der Waals surface area contributed by atoms with Crippen LogP contribution in [-0.2, 0) is 16.6 Å². The van der Waals surface area contributed by atoms with Crippen LogP contribution in [0.15, 0.2) is 52.1 Å². The van der Waals surface area contributed by atoms with Gasteiger partial charge < -0.3 is 5.73 Å². The Labute approximate surface area is 126 Å². The number of aromatic nitrogens is 1. The van der Waals surface area contributed by atoms with Crippen LogP contribution in [0.1, 0.15) is 5.56 Å². The molecule has 2 rings (SSSR count). The van der Waals surface area contributed by atoms with E-state index in [0.29, 0.717) is 10.2 Å². The Morgan fingerprint density at radius 1 is 1.35 bits per heavy atom. The number of sulfonamides is 1. The van der Waals surface area contributed by atoms with Crippen LogP contribution in [-0.4, -0.2) is 24.8 Å². The molecule has 0 aliphatic heterocycles. The first kappa shape index (κ1) is 15.0. The summed E-state index contributed by atoms with van der Waals surface area (Å²) in [4.78, 5) is 4.13. The molecule has 7 heteroatoms. The topological polar surface area (TPSA) is 76.3 Å². The second kappa shape index (κ2) is 5.90. The van der Waals surface area contributed by atoms with Crippen LogP contribution >= 0.6 is 15.9 Å². The Morgan fingerprint density at radius 3 is 2.75 bits per heavy atom. The smallest absolute Gasteiger partial charge is 0.244 e. The summed E-state index contributed by atoms with van der Waals surface area (Å²) < 4.78 is 26.8. The molecule has 5 nitrogen and oxygen atoms in total. The van der Waals surface area contributed by atoms with Gasteiger partial charge in [0.15, 0.2) is 0 Å². The summed E-state index contributed by atoms with van der Waals surface area (Å²) in [6.07, 6.45) is 3.28. The van der Waals surface area contributed by atoms with Crippen LogP contribution in [0.3, 0.4) is 0 Å². The van der Waals surface area contributed by atoms with Gasteiger partial charge in [0, 0.05) is 36.1 Å². The third kappa shape index (κ3) is 3.17. The lowest BCUT2D eigenvalue weighted by molar-refractivity contribution is 0.466. The summed E-state index contributed by atoms with van der Waals surface area (Å²) in [6, 6.07) is 8.31. The second-order valence-corrected chi connectivity index (χ2v) is 7.18. The molecule has 0 aliphatic rings. The maximum absolute atomic E-state index is 12.5. The van der Waals surface area contributed by atoms with Crippen LogP contribution in [0.25, 0.3) is 0 Å². The molecule has 2 N–H and O–H groups in total. The monoisotopic (exact) mass is 355 g/mol. The first-order chi connectivity index (χ1) is 9.41. The van der Waals surface area contributed by atoms with Crippen molar-refractivity contribution >= 4 is 31.6 Å². The zero-order valence-corrected chi connectivity index (χ0v) is 13.2. The SMILES string of the molecule is CN(Cc1cccnc1)S(=O)(=O)c1cc(N)ccc1Br. The van der Waals surface area contributed by atoms with Crippen LogP contribution in [0.4, 0.5) is 5.69 Å². The second-order valence-electron chi connectivity index (χ2n) is 4.31. The van der Waals surface area contributed by atoms with Crippen molar-refractivity contribution in [3.05, 3.63) is 52.8 Å². The van der Waals surface area contributed by atoms with Crippen molar-refractivity contribution in [1.82, 2.24) is 9.29 Å². The summed E-state index contributed by atoms with van der Waals surface area (Å²) in [7, 11) is -2.09. The zero-order chi connectivity index (χ0) is 14.8. The van der Waals surface area contributed by atoms with Crippen molar-refractivity contribution < 1.29 is 8.42 Å². The molecule has 0 bridgehead atoms. The van der Waals surface area contributed by atoms with E-state index in [9.17, 15) is 8.42 Å².